The number of nitrogens with one attached hydrogen (secondary N) is 3. The molecule has 9 nitrogen and oxygen atoms in total. The van der Waals surface area contributed by atoms with Crippen LogP contribution in [0.15, 0.2) is 24.7 Å². The van der Waals surface area contributed by atoms with Gasteiger partial charge < -0.3 is 20.4 Å². The van der Waals surface area contributed by atoms with Crippen molar-refractivity contribution in [2.45, 2.75) is 148 Å². The lowest BCUT2D eigenvalue weighted by atomic mass is 10.1. The van der Waals surface area contributed by atoms with E-state index in [9.17, 15) is 14.4 Å². The van der Waals surface area contributed by atoms with Gasteiger partial charge in [0.25, 0.3) is 0 Å². The van der Waals surface area contributed by atoms with Gasteiger partial charge in [-0.05, 0) is 59.3 Å². The fourth-order valence-electron chi connectivity index (χ4n) is 5.23. The first-order chi connectivity index (χ1) is 20.2. The number of aromatic amines is 1. The van der Waals surface area contributed by atoms with Crippen LogP contribution in [0.25, 0.3) is 0 Å². The molecule has 2 rings (SSSR count). The molecule has 3 N–H and O–H groups in total. The van der Waals surface area contributed by atoms with Gasteiger partial charge in [0.15, 0.2) is 0 Å². The Hall–Kier alpha value is -2.84. The maximum absolute atomic E-state index is 13.0. The minimum absolute atomic E-state index is 0.0259. The molecule has 42 heavy (non-hydrogen) atoms. The van der Waals surface area contributed by atoms with Crippen molar-refractivity contribution in [2.75, 3.05) is 13.1 Å². The van der Waals surface area contributed by atoms with Gasteiger partial charge in [-0.3, -0.25) is 14.5 Å². The van der Waals surface area contributed by atoms with Gasteiger partial charge in [0, 0.05) is 43.9 Å². The molecular weight excluding hydrogens is 530 g/mol. The molecule has 1 aliphatic heterocycles. The van der Waals surface area contributed by atoms with Crippen LogP contribution >= 0.6 is 0 Å². The number of carbonyl (C=O) groups excluding carboxylic acids is 3. The van der Waals surface area contributed by atoms with Gasteiger partial charge in [0.1, 0.15) is 11.6 Å². The Balaban J connectivity index is 1.63. The quantitative estimate of drug-likeness (QED) is 0.117. The third kappa shape index (κ3) is 15.4. The van der Waals surface area contributed by atoms with E-state index >= 15 is 0 Å². The highest BCUT2D eigenvalue weighted by atomic mass is 16.6. The minimum atomic E-state index is -0.688. The van der Waals surface area contributed by atoms with E-state index < -0.39 is 17.7 Å². The van der Waals surface area contributed by atoms with Crippen LogP contribution in [0.5, 0.6) is 0 Å². The second-order valence-corrected chi connectivity index (χ2v) is 12.6. The van der Waals surface area contributed by atoms with E-state index in [-0.39, 0.29) is 24.4 Å². The first kappa shape index (κ1) is 35.4. The average molecular weight is 588 g/mol. The van der Waals surface area contributed by atoms with E-state index in [1.165, 1.54) is 62.7 Å². The smallest absolute Gasteiger partial charge is 0.411 e. The van der Waals surface area contributed by atoms with Crippen LogP contribution in [0, 0.1) is 0 Å². The van der Waals surface area contributed by atoms with Gasteiger partial charge >= 0.3 is 6.09 Å². The molecular formula is C33H57N5O4. The van der Waals surface area contributed by atoms with Gasteiger partial charge in [-0.25, -0.2) is 9.78 Å². The molecule has 0 spiro atoms. The molecule has 1 aliphatic rings. The molecule has 0 aliphatic carbocycles. The summed E-state index contributed by atoms with van der Waals surface area (Å²) in [7, 11) is 0. The summed E-state index contributed by atoms with van der Waals surface area (Å²) in [5.74, 6) is -0.267. The van der Waals surface area contributed by atoms with Gasteiger partial charge in [-0.15, -0.1) is 0 Å². The van der Waals surface area contributed by atoms with Crippen molar-refractivity contribution in [3.05, 3.63) is 30.4 Å². The molecule has 1 fully saturated rings. The fraction of sp³-hybridized carbons (Fsp3) is 0.758. The van der Waals surface area contributed by atoms with Crippen molar-refractivity contribution < 1.29 is 19.1 Å². The zero-order valence-corrected chi connectivity index (χ0v) is 26.7. The summed E-state index contributed by atoms with van der Waals surface area (Å²) in [5.41, 5.74) is 0.246. The molecule has 238 valence electrons. The number of rotatable bonds is 20. The molecule has 0 radical (unpaired) electrons. The number of imidazole rings is 1. The lowest BCUT2D eigenvalue weighted by Crippen LogP contribution is -2.48. The number of ether oxygens (including phenoxy) is 1. The summed E-state index contributed by atoms with van der Waals surface area (Å²) in [6.07, 6.45) is 24.7. The topological polar surface area (TPSA) is 116 Å². The molecule has 2 heterocycles. The number of hydrogen-bond donors (Lipinski definition) is 3. The molecule has 1 aromatic rings. The van der Waals surface area contributed by atoms with Gasteiger partial charge in [-0.2, -0.15) is 0 Å². The average Bonchev–Trinajstić information content (AvgIpc) is 3.60. The normalized spacial score (nSPS) is 17.1. The van der Waals surface area contributed by atoms with Gasteiger partial charge in [-0.1, -0.05) is 70.4 Å². The van der Waals surface area contributed by atoms with Crippen LogP contribution in [0.3, 0.4) is 0 Å². The van der Waals surface area contributed by atoms with E-state index in [1.807, 2.05) is 0 Å². The van der Waals surface area contributed by atoms with E-state index in [0.29, 0.717) is 25.8 Å². The molecule has 1 saturated heterocycles. The maximum Gasteiger partial charge on any atom is 0.411 e. The number of H-pyrrole nitrogens is 1. The number of aromatic nitrogens is 2. The van der Waals surface area contributed by atoms with Crippen molar-refractivity contribution >= 4 is 17.9 Å². The molecule has 0 aromatic carbocycles. The Kier molecular flexibility index (Phi) is 16.9. The molecule has 1 aromatic heterocycles. The first-order valence-electron chi connectivity index (χ1n) is 16.4. The highest BCUT2D eigenvalue weighted by molar-refractivity contribution is 5.87. The lowest BCUT2D eigenvalue weighted by Gasteiger charge is -2.28. The summed E-state index contributed by atoms with van der Waals surface area (Å²) < 4.78 is 5.56. The molecule has 0 unspecified atom stereocenters. The van der Waals surface area contributed by atoms with E-state index in [1.54, 1.807) is 33.3 Å². The second kappa shape index (κ2) is 20.1. The summed E-state index contributed by atoms with van der Waals surface area (Å²) in [5, 5.41) is 5.96. The zero-order chi connectivity index (χ0) is 30.6. The Morgan fingerprint density at radius 2 is 1.64 bits per heavy atom. The Bertz CT molecular complexity index is 925. The van der Waals surface area contributed by atoms with Crippen molar-refractivity contribution in [1.29, 1.82) is 0 Å². The Labute approximate surface area is 254 Å². The number of carbonyl (C=O) groups is 3. The van der Waals surface area contributed by atoms with E-state index in [2.05, 4.69) is 39.7 Å². The molecule has 3 amide bonds. The highest BCUT2D eigenvalue weighted by Gasteiger charge is 2.41. The van der Waals surface area contributed by atoms with Crippen molar-refractivity contribution in [3.8, 4) is 0 Å². The molecule has 9 heteroatoms. The highest BCUT2D eigenvalue weighted by Crippen LogP contribution is 2.22. The fourth-order valence-corrected chi connectivity index (χ4v) is 5.23. The van der Waals surface area contributed by atoms with Gasteiger partial charge in [0.2, 0.25) is 11.8 Å². The summed E-state index contributed by atoms with van der Waals surface area (Å²) in [6, 6.07) is -0.969. The minimum Gasteiger partial charge on any atom is -0.444 e. The first-order valence-corrected chi connectivity index (χ1v) is 16.4. The molecule has 0 bridgehead atoms. The zero-order valence-electron chi connectivity index (χ0n) is 26.7. The predicted octanol–water partition coefficient (Wildman–Crippen LogP) is 6.60. The summed E-state index contributed by atoms with van der Waals surface area (Å²) in [6.45, 7) is 8.33. The number of unbranched alkanes of at least 4 members (excludes halogenated alkanes) is 11. The SMILES string of the molecule is CCCCCCCCC=CCCCCCCCC(=O)N[C@H]1C[C@@H](C(=O)NCCc2cnc[nH]2)N(C(=O)OC(C)(C)C)C1. The van der Waals surface area contributed by atoms with Crippen molar-refractivity contribution in [1.82, 2.24) is 25.5 Å². The second-order valence-electron chi connectivity index (χ2n) is 12.6. The van der Waals surface area contributed by atoms with Crippen molar-refractivity contribution in [2.24, 2.45) is 0 Å². The predicted molar refractivity (Wildman–Crippen MR) is 168 cm³/mol. The van der Waals surface area contributed by atoms with Gasteiger partial charge in [0.05, 0.1) is 6.33 Å². The summed E-state index contributed by atoms with van der Waals surface area (Å²) in [4.78, 5) is 47.0. The Morgan fingerprint density at radius 3 is 2.26 bits per heavy atom. The number of likely N-dealkylation sites (tertiary alicyclic amines) is 1. The largest absolute Gasteiger partial charge is 0.444 e. The van der Waals surface area contributed by atoms with Crippen LogP contribution in [0.4, 0.5) is 4.79 Å². The Morgan fingerprint density at radius 1 is 1.00 bits per heavy atom. The van der Waals surface area contributed by atoms with Crippen molar-refractivity contribution in [3.63, 3.8) is 0 Å². The number of nitrogens with zero attached hydrogens (tertiary/aromatic N) is 2. The van der Waals surface area contributed by atoms with Crippen LogP contribution in [-0.4, -0.2) is 63.5 Å². The van der Waals surface area contributed by atoms with Crippen LogP contribution < -0.4 is 10.6 Å². The third-order valence-electron chi connectivity index (χ3n) is 7.51. The molecule has 0 saturated carbocycles. The monoisotopic (exact) mass is 587 g/mol. The van der Waals surface area contributed by atoms with Crippen LogP contribution in [-0.2, 0) is 20.7 Å². The number of hydrogen-bond acceptors (Lipinski definition) is 5. The van der Waals surface area contributed by atoms with Crippen LogP contribution in [0.2, 0.25) is 0 Å². The van der Waals surface area contributed by atoms with E-state index in [0.717, 1.165) is 31.4 Å². The summed E-state index contributed by atoms with van der Waals surface area (Å²) >= 11 is 0. The standard InChI is InChI=1S/C33H57N5O4/c1-5-6-7-8-9-10-11-12-13-14-15-16-17-18-19-20-30(39)37-28-23-29(38(25-28)32(41)42-33(2,3)4)31(40)35-22-21-27-24-34-26-36-27/h12-13,24,26,28-29H,5-11,14-23,25H2,1-4H3,(H,34,36)(H,35,40)(H,37,39)/t28-,29-/m0/s1. The number of allylic oxidation sites excluding steroid dienone is 2. The lowest BCUT2D eigenvalue weighted by molar-refractivity contribution is -0.125. The van der Waals surface area contributed by atoms with Crippen LogP contribution in [0.1, 0.15) is 130 Å². The molecule has 2 atom stereocenters. The maximum atomic E-state index is 13.0. The number of amides is 3. The van der Waals surface area contributed by atoms with E-state index in [4.69, 9.17) is 4.74 Å². The third-order valence-corrected chi connectivity index (χ3v) is 7.51.